The predicted molar refractivity (Wildman–Crippen MR) is 134 cm³/mol. The largest absolute Gasteiger partial charge is 0.424 e. The molecule has 0 aliphatic carbocycles. The molecule has 1 saturated heterocycles. The zero-order valence-electron chi connectivity index (χ0n) is 20.1. The van der Waals surface area contributed by atoms with Gasteiger partial charge >= 0.3 is 7.60 Å². The lowest BCUT2D eigenvalue weighted by Crippen LogP contribution is -2.46. The number of para-hydroxylation sites is 1. The smallest absolute Gasteiger partial charge is 0.379 e. The summed E-state index contributed by atoms with van der Waals surface area (Å²) in [4.78, 5) is 30.1. The van der Waals surface area contributed by atoms with Crippen LogP contribution in [-0.2, 0) is 24.2 Å². The van der Waals surface area contributed by atoms with E-state index in [1.54, 1.807) is 31.2 Å². The van der Waals surface area contributed by atoms with Crippen LogP contribution in [0.25, 0.3) is 5.65 Å². The van der Waals surface area contributed by atoms with Crippen molar-refractivity contribution in [1.29, 1.82) is 5.26 Å². The molecule has 3 heterocycles. The lowest BCUT2D eigenvalue weighted by molar-refractivity contribution is -0.119. The van der Waals surface area contributed by atoms with Crippen molar-refractivity contribution < 1.29 is 32.6 Å². The number of carbonyl (C=O) groups is 1. The van der Waals surface area contributed by atoms with Gasteiger partial charge in [-0.3, -0.25) is 19.1 Å². The number of nitrogens with two attached hydrogens (primary N) is 1. The Hall–Kier alpha value is -3.15. The molecule has 2 unspecified atom stereocenters. The molecule has 6 atom stereocenters. The van der Waals surface area contributed by atoms with Gasteiger partial charge in [-0.2, -0.15) is 5.26 Å². The summed E-state index contributed by atoms with van der Waals surface area (Å²) in [7, 11) is -4.06. The molecule has 1 aliphatic rings. The first kappa shape index (κ1) is 27.9. The predicted octanol–water partition coefficient (Wildman–Crippen LogP) is 2.05. The number of aliphatic hydroxyl groups is 1. The summed E-state index contributed by atoms with van der Waals surface area (Å²) in [5, 5.41) is 24.8. The number of aromatic amines is 1. The van der Waals surface area contributed by atoms with E-state index in [1.165, 1.54) is 19.1 Å². The normalized spacial score (nSPS) is 27.5. The third kappa shape index (κ3) is 4.85. The molecule has 1 aromatic carbocycles. The quantitative estimate of drug-likeness (QED) is 0.236. The van der Waals surface area contributed by atoms with Gasteiger partial charge < -0.3 is 20.1 Å². The fraction of sp³-hybridized carbons (Fsp3) is 0.409. The molecule has 38 heavy (non-hydrogen) atoms. The molecule has 0 amide bonds. The van der Waals surface area contributed by atoms with Crippen LogP contribution >= 0.6 is 23.5 Å². The number of benzene rings is 1. The minimum absolute atomic E-state index is 0.200. The third-order valence-corrected chi connectivity index (χ3v) is 9.10. The Balaban J connectivity index is 1.66. The first-order chi connectivity index (χ1) is 17.8. The maximum Gasteiger partial charge on any atom is 0.379 e. The molecule has 2 aromatic heterocycles. The maximum atomic E-state index is 16.1. The van der Waals surface area contributed by atoms with Gasteiger partial charge in [0.05, 0.1) is 19.0 Å². The van der Waals surface area contributed by atoms with Gasteiger partial charge in [0.2, 0.25) is 21.8 Å². The van der Waals surface area contributed by atoms with E-state index in [4.69, 9.17) is 19.5 Å². The van der Waals surface area contributed by atoms with Gasteiger partial charge in [-0.15, -0.1) is 5.10 Å². The molecular weight excluding hydrogens is 590 g/mol. The average Bonchev–Trinajstić information content (AvgIpc) is 3.36. The topological polar surface area (TPSA) is 195 Å². The molecule has 13 nitrogen and oxygen atoms in total. The number of imidazole rings is 1. The van der Waals surface area contributed by atoms with Crippen LogP contribution in [0.2, 0.25) is 0 Å². The summed E-state index contributed by atoms with van der Waals surface area (Å²) >= 11 is 2.76. The second-order valence-electron chi connectivity index (χ2n) is 8.74. The number of ether oxygens (including phenoxy) is 1. The number of fused-ring (bicyclic) bond motifs is 1. The number of halogens is 2. The highest BCUT2D eigenvalue weighted by Gasteiger charge is 2.69. The number of nitrogens with zero attached hydrogens (tertiary/aromatic N) is 4. The van der Waals surface area contributed by atoms with Gasteiger partial charge in [0, 0.05) is 5.92 Å². The van der Waals surface area contributed by atoms with E-state index in [1.807, 2.05) is 0 Å². The number of hydrogen-bond donors (Lipinski definition) is 3. The number of rotatable bonds is 9. The average molecular weight is 613 g/mol. The van der Waals surface area contributed by atoms with Crippen molar-refractivity contribution in [2.45, 2.75) is 36.2 Å². The van der Waals surface area contributed by atoms with Crippen LogP contribution in [0.3, 0.4) is 0 Å². The number of H-pyrrole nitrogens is 1. The molecular formula is C22H23BrFN6O7P. The number of nitriles is 1. The highest BCUT2D eigenvalue weighted by molar-refractivity contribution is 9.10. The van der Waals surface area contributed by atoms with Crippen LogP contribution in [0.15, 0.2) is 41.3 Å². The number of alkyl halides is 2. The highest BCUT2D eigenvalue weighted by Crippen LogP contribution is 2.55. The van der Waals surface area contributed by atoms with Gasteiger partial charge in [0.25, 0.3) is 5.56 Å². The van der Waals surface area contributed by atoms with Crippen molar-refractivity contribution in [2.75, 3.05) is 18.5 Å². The Morgan fingerprint density at radius 2 is 2.16 bits per heavy atom. The van der Waals surface area contributed by atoms with E-state index < -0.39 is 48.1 Å². The summed E-state index contributed by atoms with van der Waals surface area (Å²) in [6, 6.07) is 9.76. The molecule has 3 aromatic rings. The number of hydrogen-bond acceptors (Lipinski definition) is 11. The molecule has 0 radical (unpaired) electrons. The van der Waals surface area contributed by atoms with Gasteiger partial charge in [0.1, 0.15) is 35.5 Å². The number of aromatic nitrogens is 4. The van der Waals surface area contributed by atoms with Crippen molar-refractivity contribution >= 4 is 40.9 Å². The zero-order valence-corrected chi connectivity index (χ0v) is 22.6. The van der Waals surface area contributed by atoms with Crippen molar-refractivity contribution in [2.24, 2.45) is 5.92 Å². The minimum Gasteiger partial charge on any atom is -0.424 e. The Morgan fingerprint density at radius 1 is 1.47 bits per heavy atom. The fourth-order valence-corrected chi connectivity index (χ4v) is 6.54. The number of carbonyl (C=O) groups excluding carboxylic acids is 1. The second-order valence-corrected chi connectivity index (χ2v) is 11.9. The van der Waals surface area contributed by atoms with Gasteiger partial charge in [-0.1, -0.05) is 25.1 Å². The Labute approximate surface area is 223 Å². The van der Waals surface area contributed by atoms with Crippen LogP contribution in [-0.4, -0.2) is 60.0 Å². The number of Topliss-reactive ketones (excluding diaryl/α,β-unsaturated/α-hetero) is 1. The van der Waals surface area contributed by atoms with Crippen molar-refractivity contribution in [3.63, 3.8) is 0 Å². The summed E-state index contributed by atoms with van der Waals surface area (Å²) in [5.74, 6) is -1.11. The highest BCUT2D eigenvalue weighted by atomic mass is 79.9. The van der Waals surface area contributed by atoms with E-state index in [0.29, 0.717) is 0 Å². The SMILES string of the molecule is CC(=O)[C@H](C)CP(=O)(OC[C@H]1O[C@@](C#N)(c2cnc3c(=O)[nH]c(N)nn23)C(F)(Br)[C@H]1O)Oc1ccccc1. The summed E-state index contributed by atoms with van der Waals surface area (Å²) in [6.07, 6.45) is -2.92. The fourth-order valence-electron chi connectivity index (χ4n) is 3.88. The molecule has 202 valence electrons. The molecule has 1 aliphatic heterocycles. The molecule has 4 rings (SSSR count). The molecule has 4 N–H and O–H groups in total. The number of anilines is 1. The lowest BCUT2D eigenvalue weighted by atomic mass is 9.94. The Morgan fingerprint density at radius 3 is 2.79 bits per heavy atom. The van der Waals surface area contributed by atoms with E-state index in [2.05, 4.69) is 31.0 Å². The summed E-state index contributed by atoms with van der Waals surface area (Å²) in [5.41, 5.74) is 1.60. The first-order valence-corrected chi connectivity index (χ1v) is 13.7. The van der Waals surface area contributed by atoms with E-state index in [0.717, 1.165) is 10.7 Å². The molecule has 0 saturated carbocycles. The molecule has 1 fully saturated rings. The molecule has 0 spiro atoms. The van der Waals surface area contributed by atoms with Crippen molar-refractivity contribution in [3.8, 4) is 11.8 Å². The standard InChI is InChI=1S/C22H23BrFN6O7P/c1-12(13(2)31)10-38(34,37-14-6-4-3-5-7-14)35-9-15-17(32)22(23,24)21(11-25,36-15)16-8-27-18-19(33)28-20(26)29-30(16)18/h3-8,12,15,17,32H,9-10H2,1-2H3,(H3,26,28,29,33)/t12-,15-,17+,21+,22?,38?/m1/s1. The number of ketones is 1. The van der Waals surface area contributed by atoms with E-state index >= 15 is 4.39 Å². The summed E-state index contributed by atoms with van der Waals surface area (Å²) < 4.78 is 44.5. The van der Waals surface area contributed by atoms with Gasteiger partial charge in [-0.25, -0.2) is 18.5 Å². The van der Waals surface area contributed by atoms with Crippen LogP contribution in [0.5, 0.6) is 5.75 Å². The van der Waals surface area contributed by atoms with E-state index in [9.17, 15) is 24.5 Å². The number of aliphatic hydroxyl groups excluding tert-OH is 1. The summed E-state index contributed by atoms with van der Waals surface area (Å²) in [6.45, 7) is 2.18. The monoisotopic (exact) mass is 612 g/mol. The molecule has 0 bridgehead atoms. The van der Waals surface area contributed by atoms with Crippen LogP contribution in [0, 0.1) is 17.2 Å². The minimum atomic E-state index is -4.06. The third-order valence-electron chi connectivity index (χ3n) is 6.04. The number of nitrogen functional groups attached to an aromatic ring is 1. The molecule has 16 heteroatoms. The van der Waals surface area contributed by atoms with E-state index in [-0.39, 0.29) is 35.0 Å². The number of nitrogens with one attached hydrogen (secondary N) is 1. The Bertz CT molecular complexity index is 1510. The maximum absolute atomic E-state index is 16.1. The zero-order chi connectivity index (χ0) is 27.9. The van der Waals surface area contributed by atoms with Crippen molar-refractivity contribution in [1.82, 2.24) is 19.6 Å². The first-order valence-electron chi connectivity index (χ1n) is 11.2. The van der Waals surface area contributed by atoms with Gasteiger partial charge in [-0.05, 0) is 35.0 Å². The van der Waals surface area contributed by atoms with Crippen LogP contribution in [0.1, 0.15) is 19.5 Å². The van der Waals surface area contributed by atoms with Gasteiger partial charge in [0.15, 0.2) is 0 Å². The van der Waals surface area contributed by atoms with Crippen molar-refractivity contribution in [3.05, 3.63) is 52.6 Å². The lowest BCUT2D eigenvalue weighted by Gasteiger charge is -2.28. The van der Waals surface area contributed by atoms with Crippen LogP contribution < -0.4 is 15.8 Å². The second kappa shape index (κ2) is 10.2. The van der Waals surface area contributed by atoms with Crippen LogP contribution in [0.4, 0.5) is 10.3 Å². The Kier molecular flexibility index (Phi) is 7.48.